The van der Waals surface area contributed by atoms with Gasteiger partial charge in [-0.15, -0.1) is 0 Å². The maximum Gasteiger partial charge on any atom is 0.207 e. The van der Waals surface area contributed by atoms with Crippen molar-refractivity contribution in [3.05, 3.63) is 76.2 Å². The molecule has 1 unspecified atom stereocenters. The van der Waals surface area contributed by atoms with E-state index in [1.54, 1.807) is 0 Å². The predicted octanol–water partition coefficient (Wildman–Crippen LogP) is 6.20. The van der Waals surface area contributed by atoms with E-state index < -0.39 is 0 Å². The molecular formula is C26H27ClN6S. The summed E-state index contributed by atoms with van der Waals surface area (Å²) < 4.78 is 4.44. The summed E-state index contributed by atoms with van der Waals surface area (Å²) in [5.41, 5.74) is 13.4. The molecule has 2 heterocycles. The molecule has 0 spiro atoms. The van der Waals surface area contributed by atoms with Gasteiger partial charge in [0.25, 0.3) is 0 Å². The van der Waals surface area contributed by atoms with Gasteiger partial charge in [-0.05, 0) is 74.6 Å². The molecule has 6 nitrogen and oxygen atoms in total. The molecule has 2 aromatic carbocycles. The third kappa shape index (κ3) is 5.06. The smallest absolute Gasteiger partial charge is 0.207 e. The van der Waals surface area contributed by atoms with Crippen LogP contribution >= 0.6 is 23.1 Å². The first kappa shape index (κ1) is 22.8. The lowest BCUT2D eigenvalue weighted by molar-refractivity contribution is 0.716. The van der Waals surface area contributed by atoms with Gasteiger partial charge in [0.05, 0.1) is 5.52 Å². The Balaban J connectivity index is 1.21. The first-order chi connectivity index (χ1) is 16.6. The number of benzene rings is 2. The first-order valence-corrected chi connectivity index (χ1v) is 12.7. The highest BCUT2D eigenvalue weighted by atomic mass is 35.5. The van der Waals surface area contributed by atoms with Gasteiger partial charge in [0.2, 0.25) is 5.13 Å². The molecule has 4 aromatic rings. The number of hydrogen-bond donors (Lipinski definition) is 3. The molecule has 34 heavy (non-hydrogen) atoms. The zero-order chi connectivity index (χ0) is 23.5. The molecule has 0 fully saturated rings. The number of nitrogens with zero attached hydrogens (tertiary/aromatic N) is 3. The monoisotopic (exact) mass is 490 g/mol. The van der Waals surface area contributed by atoms with E-state index in [4.69, 9.17) is 22.3 Å². The third-order valence-corrected chi connectivity index (χ3v) is 7.05. The third-order valence-electron chi connectivity index (χ3n) is 6.16. The van der Waals surface area contributed by atoms with Gasteiger partial charge in [-0.3, -0.25) is 4.98 Å². The van der Waals surface area contributed by atoms with Crippen LogP contribution in [0.25, 0.3) is 17.0 Å². The minimum Gasteiger partial charge on any atom is -0.384 e. The molecule has 0 saturated carbocycles. The number of halogens is 1. The van der Waals surface area contributed by atoms with E-state index in [1.165, 1.54) is 40.3 Å². The van der Waals surface area contributed by atoms with Crippen molar-refractivity contribution >= 4 is 56.6 Å². The Labute approximate surface area is 208 Å². The maximum absolute atomic E-state index is 6.50. The van der Waals surface area contributed by atoms with Crippen LogP contribution in [0.2, 0.25) is 5.02 Å². The van der Waals surface area contributed by atoms with Crippen molar-refractivity contribution in [3.8, 4) is 0 Å². The summed E-state index contributed by atoms with van der Waals surface area (Å²) in [6.07, 6.45) is 6.10. The fraction of sp³-hybridized carbons (Fsp3) is 0.269. The van der Waals surface area contributed by atoms with Crippen molar-refractivity contribution in [2.24, 2.45) is 5.73 Å². The van der Waals surface area contributed by atoms with Crippen LogP contribution in [-0.2, 0) is 12.8 Å². The Kier molecular flexibility index (Phi) is 6.76. The number of nitrogens with two attached hydrogens (primary N) is 1. The molecule has 1 aliphatic carbocycles. The van der Waals surface area contributed by atoms with Crippen molar-refractivity contribution < 1.29 is 0 Å². The van der Waals surface area contributed by atoms with E-state index in [2.05, 4.69) is 38.2 Å². The van der Waals surface area contributed by atoms with Gasteiger partial charge in [0.15, 0.2) is 5.82 Å². The Morgan fingerprint density at radius 3 is 2.82 bits per heavy atom. The number of anilines is 3. The van der Waals surface area contributed by atoms with Crippen LogP contribution < -0.4 is 16.4 Å². The highest BCUT2D eigenvalue weighted by molar-refractivity contribution is 7.09. The second-order valence-corrected chi connectivity index (χ2v) is 9.77. The standard InChI is InChI=1S/C26H27ClN6S/c1-16(15-24-32-26(34-33-24)30-18-11-9-17(27)10-12-18)21(28)13-14-29-25-19-5-2-3-7-22(19)31-23-8-4-6-20(23)25/h2-3,5,7,9-12,15,21H,4,6,8,13-14,28H2,1H3,(H,29,31)(H,30,32,33). The van der Waals surface area contributed by atoms with Crippen LogP contribution in [0.5, 0.6) is 0 Å². The molecule has 4 N–H and O–H groups in total. The lowest BCUT2D eigenvalue weighted by Crippen LogP contribution is -2.24. The summed E-state index contributed by atoms with van der Waals surface area (Å²) in [7, 11) is 0. The van der Waals surface area contributed by atoms with Gasteiger partial charge < -0.3 is 16.4 Å². The van der Waals surface area contributed by atoms with Gasteiger partial charge >= 0.3 is 0 Å². The summed E-state index contributed by atoms with van der Waals surface area (Å²) >= 11 is 7.27. The van der Waals surface area contributed by atoms with E-state index in [-0.39, 0.29) is 6.04 Å². The number of aryl methyl sites for hydroxylation is 1. The Morgan fingerprint density at radius 2 is 1.97 bits per heavy atom. The van der Waals surface area contributed by atoms with Crippen LogP contribution in [0.3, 0.4) is 0 Å². The van der Waals surface area contributed by atoms with E-state index in [0.717, 1.165) is 47.7 Å². The fourth-order valence-corrected chi connectivity index (χ4v) is 5.00. The topological polar surface area (TPSA) is 88.8 Å². The quantitative estimate of drug-likeness (QED) is 0.272. The highest BCUT2D eigenvalue weighted by Crippen LogP contribution is 2.34. The van der Waals surface area contributed by atoms with E-state index in [0.29, 0.717) is 10.8 Å². The van der Waals surface area contributed by atoms with Gasteiger partial charge in [-0.2, -0.15) is 9.36 Å². The van der Waals surface area contributed by atoms with E-state index in [9.17, 15) is 0 Å². The van der Waals surface area contributed by atoms with Gasteiger partial charge in [-0.25, -0.2) is 0 Å². The summed E-state index contributed by atoms with van der Waals surface area (Å²) in [6.45, 7) is 2.83. The molecule has 0 radical (unpaired) electrons. The Bertz CT molecular complexity index is 1330. The highest BCUT2D eigenvalue weighted by Gasteiger charge is 2.19. The van der Waals surface area contributed by atoms with Crippen LogP contribution in [0.1, 0.15) is 36.8 Å². The van der Waals surface area contributed by atoms with E-state index in [1.807, 2.05) is 43.3 Å². The molecule has 174 valence electrons. The number of nitrogens with one attached hydrogen (secondary N) is 2. The zero-order valence-corrected chi connectivity index (χ0v) is 20.6. The number of pyridine rings is 1. The lowest BCUT2D eigenvalue weighted by Gasteiger charge is -2.17. The SMILES string of the molecule is CC(=Cc1nsc(Nc2ccc(Cl)cc2)n1)C(N)CCNc1c2c(nc3ccccc13)CCC2. The number of fused-ring (bicyclic) bond motifs is 2. The molecule has 2 aromatic heterocycles. The normalized spacial score (nSPS) is 14.3. The van der Waals surface area contributed by atoms with E-state index >= 15 is 0 Å². The Morgan fingerprint density at radius 1 is 1.15 bits per heavy atom. The number of aromatic nitrogens is 3. The molecule has 0 aliphatic heterocycles. The average Bonchev–Trinajstić information content (AvgIpc) is 3.49. The molecule has 0 saturated heterocycles. The van der Waals surface area contributed by atoms with Crippen molar-refractivity contribution in [1.82, 2.24) is 14.3 Å². The Hall–Kier alpha value is -3.00. The molecule has 1 atom stereocenters. The van der Waals surface area contributed by atoms with Crippen molar-refractivity contribution in [3.63, 3.8) is 0 Å². The van der Waals surface area contributed by atoms with Gasteiger partial charge in [0, 0.05) is 51.6 Å². The lowest BCUT2D eigenvalue weighted by atomic mass is 10.0. The molecule has 0 amide bonds. The van der Waals surface area contributed by atoms with Crippen LogP contribution in [0, 0.1) is 0 Å². The second kappa shape index (κ2) is 10.1. The van der Waals surface area contributed by atoms with Gasteiger partial charge in [-0.1, -0.05) is 35.4 Å². The average molecular weight is 491 g/mol. The maximum atomic E-state index is 6.50. The summed E-state index contributed by atoms with van der Waals surface area (Å²) in [5, 5.41) is 9.55. The molecule has 0 bridgehead atoms. The summed E-state index contributed by atoms with van der Waals surface area (Å²) in [4.78, 5) is 9.43. The number of rotatable bonds is 8. The molecular weight excluding hydrogens is 464 g/mol. The largest absolute Gasteiger partial charge is 0.384 e. The minimum absolute atomic E-state index is 0.0789. The second-order valence-electron chi connectivity index (χ2n) is 8.58. The fourth-order valence-electron chi connectivity index (χ4n) is 4.30. The van der Waals surface area contributed by atoms with Crippen molar-refractivity contribution in [1.29, 1.82) is 0 Å². The van der Waals surface area contributed by atoms with Crippen LogP contribution in [-0.4, -0.2) is 26.9 Å². The van der Waals surface area contributed by atoms with Crippen LogP contribution in [0.4, 0.5) is 16.5 Å². The number of hydrogen-bond acceptors (Lipinski definition) is 7. The number of para-hydroxylation sites is 1. The predicted molar refractivity (Wildman–Crippen MR) is 143 cm³/mol. The summed E-state index contributed by atoms with van der Waals surface area (Å²) in [5.74, 6) is 0.667. The minimum atomic E-state index is -0.0789. The first-order valence-electron chi connectivity index (χ1n) is 11.5. The van der Waals surface area contributed by atoms with Gasteiger partial charge in [0.1, 0.15) is 0 Å². The van der Waals surface area contributed by atoms with Crippen molar-refractivity contribution in [2.75, 3.05) is 17.2 Å². The molecule has 8 heteroatoms. The zero-order valence-electron chi connectivity index (χ0n) is 19.0. The molecule has 1 aliphatic rings. The van der Waals surface area contributed by atoms with Crippen molar-refractivity contribution in [2.45, 2.75) is 38.6 Å². The molecule has 5 rings (SSSR count). The summed E-state index contributed by atoms with van der Waals surface area (Å²) in [6, 6.07) is 15.8. The van der Waals surface area contributed by atoms with Crippen LogP contribution in [0.15, 0.2) is 54.1 Å².